The molecule has 6 rings (SSSR count). The topological polar surface area (TPSA) is 133 Å². The van der Waals surface area contributed by atoms with E-state index in [-0.39, 0.29) is 11.6 Å². The Morgan fingerprint density at radius 1 is 0.875 bits per heavy atom. The Bertz CT molecular complexity index is 1890. The normalized spacial score (nSPS) is 11.9. The molecule has 0 saturated heterocycles. The summed E-state index contributed by atoms with van der Waals surface area (Å²) < 4.78 is 6.73. The number of aromatic nitrogens is 7. The second-order valence-corrected chi connectivity index (χ2v) is 8.99. The van der Waals surface area contributed by atoms with E-state index in [9.17, 15) is 4.79 Å². The average molecular weight is 532 g/mol. The fraction of sp³-hybridized carbons (Fsp3) is 0.138. The quantitative estimate of drug-likeness (QED) is 0.305. The van der Waals surface area contributed by atoms with Crippen molar-refractivity contribution in [3.8, 4) is 22.8 Å². The summed E-state index contributed by atoms with van der Waals surface area (Å²) in [5, 5.41) is 6.88. The van der Waals surface area contributed by atoms with E-state index >= 15 is 0 Å². The molecule has 0 fully saturated rings. The van der Waals surface area contributed by atoms with Gasteiger partial charge in [-0.25, -0.2) is 19.9 Å². The largest absolute Gasteiger partial charge is 0.467 e. The SMILES string of the molecule is CNc1nc(N[C@@H](C)c2nc3cccc(-c4cnc(OC)nc4)c3c(=O)n2-c2ccccc2)c2ncccc2n1. The summed E-state index contributed by atoms with van der Waals surface area (Å²) in [4.78, 5) is 41.4. The van der Waals surface area contributed by atoms with Gasteiger partial charge in [0.05, 0.1) is 35.3 Å². The van der Waals surface area contributed by atoms with Crippen molar-refractivity contribution in [3.63, 3.8) is 0 Å². The number of ether oxygens (including phenoxy) is 1. The highest BCUT2D eigenvalue weighted by Crippen LogP contribution is 2.29. The molecule has 4 heterocycles. The van der Waals surface area contributed by atoms with Crippen LogP contribution in [0.5, 0.6) is 6.01 Å². The smallest absolute Gasteiger partial charge is 0.316 e. The zero-order valence-electron chi connectivity index (χ0n) is 22.0. The first-order valence-corrected chi connectivity index (χ1v) is 12.6. The average Bonchev–Trinajstić information content (AvgIpc) is 3.01. The van der Waals surface area contributed by atoms with E-state index in [4.69, 9.17) is 9.72 Å². The van der Waals surface area contributed by atoms with Gasteiger partial charge in [-0.15, -0.1) is 0 Å². The Balaban J connectivity index is 1.55. The second kappa shape index (κ2) is 10.4. The summed E-state index contributed by atoms with van der Waals surface area (Å²) in [6, 6.07) is 18.5. The van der Waals surface area contributed by atoms with Gasteiger partial charge in [0.2, 0.25) is 5.95 Å². The summed E-state index contributed by atoms with van der Waals surface area (Å²) in [6.45, 7) is 1.93. The number of benzene rings is 2. The minimum absolute atomic E-state index is 0.215. The van der Waals surface area contributed by atoms with Crippen LogP contribution in [-0.2, 0) is 0 Å². The maximum absolute atomic E-state index is 14.3. The number of nitrogens with one attached hydrogen (secondary N) is 2. The molecule has 0 spiro atoms. The molecule has 0 aliphatic heterocycles. The standard InChI is InChI=1S/C29H25N9O2/c1-17(34-25-24-22(13-8-14-31-24)36-28(30-2)37-25)26-35-21-12-7-11-20(18-15-32-29(40-3)33-16-18)23(21)27(39)38(26)19-9-5-4-6-10-19/h4-17H,1-3H3,(H2,30,34,36,37)/t17-/m0/s1. The van der Waals surface area contributed by atoms with E-state index in [2.05, 4.69) is 35.6 Å². The van der Waals surface area contributed by atoms with E-state index in [0.29, 0.717) is 56.3 Å². The van der Waals surface area contributed by atoms with Crippen molar-refractivity contribution in [1.29, 1.82) is 0 Å². The van der Waals surface area contributed by atoms with Crippen LogP contribution in [0.3, 0.4) is 0 Å². The highest BCUT2D eigenvalue weighted by Gasteiger charge is 2.22. The number of hydrogen-bond donors (Lipinski definition) is 2. The lowest BCUT2D eigenvalue weighted by Crippen LogP contribution is -2.28. The molecule has 0 unspecified atom stereocenters. The number of para-hydroxylation sites is 1. The zero-order valence-corrected chi connectivity index (χ0v) is 22.0. The molecular formula is C29H25N9O2. The van der Waals surface area contributed by atoms with Gasteiger partial charge in [-0.05, 0) is 42.8 Å². The number of nitrogens with zero attached hydrogens (tertiary/aromatic N) is 7. The molecule has 0 amide bonds. The summed E-state index contributed by atoms with van der Waals surface area (Å²) >= 11 is 0. The molecule has 4 aromatic heterocycles. The minimum Gasteiger partial charge on any atom is -0.467 e. The molecule has 0 aliphatic rings. The van der Waals surface area contributed by atoms with Crippen molar-refractivity contribution in [2.75, 3.05) is 24.8 Å². The Hall–Kier alpha value is -5.45. The van der Waals surface area contributed by atoms with Crippen LogP contribution in [0.1, 0.15) is 18.8 Å². The van der Waals surface area contributed by atoms with E-state index in [1.54, 1.807) is 30.2 Å². The van der Waals surface area contributed by atoms with Crippen molar-refractivity contribution in [1.82, 2.24) is 34.5 Å². The monoisotopic (exact) mass is 531 g/mol. The predicted octanol–water partition coefficient (Wildman–Crippen LogP) is 4.40. The first-order valence-electron chi connectivity index (χ1n) is 12.6. The van der Waals surface area contributed by atoms with Crippen molar-refractivity contribution < 1.29 is 4.74 Å². The van der Waals surface area contributed by atoms with Gasteiger partial charge in [0.15, 0.2) is 5.82 Å². The Morgan fingerprint density at radius 3 is 2.40 bits per heavy atom. The van der Waals surface area contributed by atoms with Gasteiger partial charge in [0.1, 0.15) is 11.3 Å². The summed E-state index contributed by atoms with van der Waals surface area (Å²) in [7, 11) is 3.26. The van der Waals surface area contributed by atoms with Gasteiger partial charge in [-0.1, -0.05) is 30.3 Å². The molecular weight excluding hydrogens is 506 g/mol. The molecule has 11 nitrogen and oxygen atoms in total. The van der Waals surface area contributed by atoms with Crippen LogP contribution in [0, 0.1) is 0 Å². The molecule has 1 atom stereocenters. The molecule has 40 heavy (non-hydrogen) atoms. The Morgan fingerprint density at radius 2 is 1.65 bits per heavy atom. The lowest BCUT2D eigenvalue weighted by Gasteiger charge is -2.21. The lowest BCUT2D eigenvalue weighted by atomic mass is 10.0. The summed E-state index contributed by atoms with van der Waals surface area (Å²) in [5.41, 5.74) is 3.69. The molecule has 6 aromatic rings. The molecule has 0 saturated carbocycles. The number of rotatable bonds is 7. The van der Waals surface area contributed by atoms with Crippen LogP contribution in [0.2, 0.25) is 0 Å². The molecule has 0 bridgehead atoms. The predicted molar refractivity (Wildman–Crippen MR) is 154 cm³/mol. The zero-order chi connectivity index (χ0) is 27.6. The fourth-order valence-corrected chi connectivity index (χ4v) is 4.62. The second-order valence-electron chi connectivity index (χ2n) is 8.99. The first-order chi connectivity index (χ1) is 19.6. The maximum atomic E-state index is 14.3. The number of hydrogen-bond acceptors (Lipinski definition) is 10. The van der Waals surface area contributed by atoms with Crippen molar-refractivity contribution >= 4 is 33.7 Å². The van der Waals surface area contributed by atoms with Gasteiger partial charge in [-0.2, -0.15) is 4.98 Å². The molecule has 0 radical (unpaired) electrons. The third kappa shape index (κ3) is 4.43. The third-order valence-electron chi connectivity index (χ3n) is 6.48. The van der Waals surface area contributed by atoms with Crippen LogP contribution in [0.4, 0.5) is 11.8 Å². The highest BCUT2D eigenvalue weighted by atomic mass is 16.5. The van der Waals surface area contributed by atoms with Crippen molar-refractivity contribution in [2.24, 2.45) is 0 Å². The van der Waals surface area contributed by atoms with E-state index < -0.39 is 6.04 Å². The van der Waals surface area contributed by atoms with Crippen molar-refractivity contribution in [2.45, 2.75) is 13.0 Å². The third-order valence-corrected chi connectivity index (χ3v) is 6.48. The Kier molecular flexibility index (Phi) is 6.44. The van der Waals surface area contributed by atoms with Crippen LogP contribution in [-0.4, -0.2) is 48.6 Å². The first kappa shape index (κ1) is 24.9. The van der Waals surface area contributed by atoms with Gasteiger partial charge >= 0.3 is 6.01 Å². The number of methoxy groups -OCH3 is 1. The minimum atomic E-state index is -0.435. The molecule has 198 valence electrons. The van der Waals surface area contributed by atoms with E-state index in [1.165, 1.54) is 7.11 Å². The lowest BCUT2D eigenvalue weighted by molar-refractivity contribution is 0.380. The van der Waals surface area contributed by atoms with Crippen LogP contribution < -0.4 is 20.9 Å². The van der Waals surface area contributed by atoms with Gasteiger partial charge in [0.25, 0.3) is 5.56 Å². The van der Waals surface area contributed by atoms with Crippen LogP contribution in [0.25, 0.3) is 38.8 Å². The molecule has 2 N–H and O–H groups in total. The maximum Gasteiger partial charge on any atom is 0.316 e. The van der Waals surface area contributed by atoms with E-state index in [0.717, 1.165) is 0 Å². The Labute approximate surface area is 229 Å². The number of anilines is 2. The van der Waals surface area contributed by atoms with Crippen LogP contribution in [0.15, 0.2) is 84.0 Å². The van der Waals surface area contributed by atoms with Crippen LogP contribution >= 0.6 is 0 Å². The fourth-order valence-electron chi connectivity index (χ4n) is 4.62. The molecule has 11 heteroatoms. The van der Waals surface area contributed by atoms with Gasteiger partial charge in [0, 0.05) is 31.2 Å². The van der Waals surface area contributed by atoms with Gasteiger partial charge < -0.3 is 15.4 Å². The number of pyridine rings is 1. The van der Waals surface area contributed by atoms with Gasteiger partial charge in [-0.3, -0.25) is 14.3 Å². The number of fused-ring (bicyclic) bond motifs is 2. The van der Waals surface area contributed by atoms with E-state index in [1.807, 2.05) is 67.6 Å². The summed E-state index contributed by atoms with van der Waals surface area (Å²) in [6.07, 6.45) is 4.97. The summed E-state index contributed by atoms with van der Waals surface area (Å²) in [5.74, 6) is 1.49. The highest BCUT2D eigenvalue weighted by molar-refractivity contribution is 5.94. The molecule has 0 aliphatic carbocycles. The van der Waals surface area contributed by atoms with Crippen molar-refractivity contribution in [3.05, 3.63) is 95.4 Å². The molecule has 2 aromatic carbocycles.